The van der Waals surface area contributed by atoms with Crippen LogP contribution in [0.1, 0.15) is 30.9 Å². The summed E-state index contributed by atoms with van der Waals surface area (Å²) in [5.74, 6) is 0. The molecule has 1 heterocycles. The quantitative estimate of drug-likeness (QED) is 0.659. The van der Waals surface area contributed by atoms with Crippen LogP contribution in [0.4, 0.5) is 4.39 Å². The minimum Gasteiger partial charge on any atom is -0.268 e. The summed E-state index contributed by atoms with van der Waals surface area (Å²) in [5, 5.41) is 12.6. The molecule has 68 valence electrons. The molecule has 2 unspecified atom stereocenters. The van der Waals surface area contributed by atoms with Crippen molar-refractivity contribution < 1.29 is 4.39 Å². The number of nitriles is 1. The first kappa shape index (κ1) is 8.24. The molecule has 1 aliphatic rings. The van der Waals surface area contributed by atoms with Crippen LogP contribution in [-0.2, 0) is 0 Å². The Labute approximate surface area is 75.8 Å². The lowest BCUT2D eigenvalue weighted by molar-refractivity contribution is 0.326. The summed E-state index contributed by atoms with van der Waals surface area (Å²) in [4.78, 5) is 0. The maximum atomic E-state index is 12.8. The van der Waals surface area contributed by atoms with Gasteiger partial charge in [-0.3, -0.25) is 4.68 Å². The second-order valence-electron chi connectivity index (χ2n) is 3.38. The third kappa shape index (κ3) is 1.55. The molecule has 2 atom stereocenters. The van der Waals surface area contributed by atoms with E-state index in [2.05, 4.69) is 5.10 Å². The van der Waals surface area contributed by atoms with Gasteiger partial charge in [0.1, 0.15) is 12.2 Å². The van der Waals surface area contributed by atoms with Crippen molar-refractivity contribution in [1.82, 2.24) is 9.78 Å². The average Bonchev–Trinajstić information content (AvgIpc) is 2.71. The zero-order chi connectivity index (χ0) is 9.26. The monoisotopic (exact) mass is 179 g/mol. The molecule has 0 aliphatic heterocycles. The van der Waals surface area contributed by atoms with Crippen LogP contribution in [0.5, 0.6) is 0 Å². The summed E-state index contributed by atoms with van der Waals surface area (Å²) in [6, 6.07) is 2.16. The predicted molar refractivity (Wildman–Crippen MR) is 44.7 cm³/mol. The van der Waals surface area contributed by atoms with Gasteiger partial charge in [-0.05, 0) is 12.8 Å². The minimum atomic E-state index is -0.695. The van der Waals surface area contributed by atoms with E-state index in [1.165, 1.54) is 6.20 Å². The van der Waals surface area contributed by atoms with Crippen LogP contribution in [0.3, 0.4) is 0 Å². The van der Waals surface area contributed by atoms with Crippen molar-refractivity contribution >= 4 is 0 Å². The highest BCUT2D eigenvalue weighted by Gasteiger charge is 2.25. The average molecular weight is 179 g/mol. The molecule has 2 rings (SSSR count). The third-order valence-electron chi connectivity index (χ3n) is 2.45. The Morgan fingerprint density at radius 3 is 3.00 bits per heavy atom. The Balaban J connectivity index is 2.13. The number of halogens is 1. The first-order chi connectivity index (χ1) is 6.29. The first-order valence-electron chi connectivity index (χ1n) is 4.38. The molecule has 0 radical (unpaired) electrons. The smallest absolute Gasteiger partial charge is 0.102 e. The van der Waals surface area contributed by atoms with Gasteiger partial charge >= 0.3 is 0 Å². The Kier molecular flexibility index (Phi) is 2.01. The molecule has 0 aromatic carbocycles. The fourth-order valence-electron chi connectivity index (χ4n) is 1.74. The SMILES string of the molecule is N#Cc1cnn(C2CCC(F)C2)c1. The number of alkyl halides is 1. The van der Waals surface area contributed by atoms with Crippen LogP contribution < -0.4 is 0 Å². The van der Waals surface area contributed by atoms with Gasteiger partial charge in [0.25, 0.3) is 0 Å². The van der Waals surface area contributed by atoms with E-state index < -0.39 is 6.17 Å². The van der Waals surface area contributed by atoms with Crippen LogP contribution in [0, 0.1) is 11.3 Å². The number of hydrogen-bond acceptors (Lipinski definition) is 2. The second-order valence-corrected chi connectivity index (χ2v) is 3.38. The lowest BCUT2D eigenvalue weighted by Crippen LogP contribution is -2.05. The Morgan fingerprint density at radius 2 is 2.46 bits per heavy atom. The molecule has 0 bridgehead atoms. The normalized spacial score (nSPS) is 27.4. The van der Waals surface area contributed by atoms with E-state index in [-0.39, 0.29) is 6.04 Å². The summed E-state index contributed by atoms with van der Waals surface area (Å²) in [6.07, 6.45) is 4.49. The van der Waals surface area contributed by atoms with Crippen molar-refractivity contribution in [2.24, 2.45) is 0 Å². The summed E-state index contributed by atoms with van der Waals surface area (Å²) < 4.78 is 14.5. The molecule has 1 saturated carbocycles. The van der Waals surface area contributed by atoms with Crippen molar-refractivity contribution in [3.8, 4) is 6.07 Å². The van der Waals surface area contributed by atoms with Crippen molar-refractivity contribution in [2.75, 3.05) is 0 Å². The maximum Gasteiger partial charge on any atom is 0.102 e. The van der Waals surface area contributed by atoms with Crippen LogP contribution >= 0.6 is 0 Å². The molecular weight excluding hydrogens is 169 g/mol. The molecule has 0 N–H and O–H groups in total. The molecule has 0 saturated heterocycles. The molecule has 13 heavy (non-hydrogen) atoms. The van der Waals surface area contributed by atoms with Gasteiger partial charge in [-0.1, -0.05) is 0 Å². The van der Waals surface area contributed by atoms with Gasteiger partial charge in [-0.15, -0.1) is 0 Å². The van der Waals surface area contributed by atoms with Gasteiger partial charge in [0, 0.05) is 12.6 Å². The molecule has 4 heteroatoms. The molecule has 1 aromatic heterocycles. The summed E-state index contributed by atoms with van der Waals surface area (Å²) in [7, 11) is 0. The van der Waals surface area contributed by atoms with E-state index in [0.29, 0.717) is 18.4 Å². The highest BCUT2D eigenvalue weighted by Crippen LogP contribution is 2.31. The number of rotatable bonds is 1. The molecular formula is C9H10FN3. The molecule has 0 spiro atoms. The number of aromatic nitrogens is 2. The summed E-state index contributed by atoms with van der Waals surface area (Å²) >= 11 is 0. The van der Waals surface area contributed by atoms with Gasteiger partial charge in [-0.2, -0.15) is 10.4 Å². The minimum absolute atomic E-state index is 0.150. The summed E-state index contributed by atoms with van der Waals surface area (Å²) in [5.41, 5.74) is 0.544. The van der Waals surface area contributed by atoms with Gasteiger partial charge in [0.05, 0.1) is 17.8 Å². The lowest BCUT2D eigenvalue weighted by Gasteiger charge is -2.08. The Bertz CT molecular complexity index is 339. The Morgan fingerprint density at radius 1 is 1.62 bits per heavy atom. The highest BCUT2D eigenvalue weighted by molar-refractivity contribution is 5.21. The zero-order valence-electron chi connectivity index (χ0n) is 7.15. The summed E-state index contributed by atoms with van der Waals surface area (Å²) in [6.45, 7) is 0. The fraction of sp³-hybridized carbons (Fsp3) is 0.556. The molecule has 3 nitrogen and oxygen atoms in total. The van der Waals surface area contributed by atoms with E-state index in [1.54, 1.807) is 10.9 Å². The van der Waals surface area contributed by atoms with Crippen LogP contribution in [0.25, 0.3) is 0 Å². The number of nitrogens with zero attached hydrogens (tertiary/aromatic N) is 3. The van der Waals surface area contributed by atoms with E-state index in [4.69, 9.17) is 5.26 Å². The third-order valence-corrected chi connectivity index (χ3v) is 2.45. The van der Waals surface area contributed by atoms with Crippen LogP contribution in [-0.4, -0.2) is 16.0 Å². The highest BCUT2D eigenvalue weighted by atomic mass is 19.1. The first-order valence-corrected chi connectivity index (χ1v) is 4.38. The predicted octanol–water partition coefficient (Wildman–Crippen LogP) is 1.82. The molecule has 1 aliphatic carbocycles. The van der Waals surface area contributed by atoms with Gasteiger partial charge < -0.3 is 0 Å². The van der Waals surface area contributed by atoms with E-state index in [9.17, 15) is 4.39 Å². The van der Waals surface area contributed by atoms with Crippen molar-refractivity contribution in [1.29, 1.82) is 5.26 Å². The van der Waals surface area contributed by atoms with E-state index >= 15 is 0 Å². The standard InChI is InChI=1S/C9H10FN3/c10-8-1-2-9(3-8)13-6-7(4-11)5-12-13/h5-6,8-9H,1-3H2. The van der Waals surface area contributed by atoms with Crippen molar-refractivity contribution in [3.05, 3.63) is 18.0 Å². The van der Waals surface area contributed by atoms with Crippen molar-refractivity contribution in [2.45, 2.75) is 31.5 Å². The van der Waals surface area contributed by atoms with Gasteiger partial charge in [-0.25, -0.2) is 4.39 Å². The van der Waals surface area contributed by atoms with E-state index in [0.717, 1.165) is 6.42 Å². The number of hydrogen-bond donors (Lipinski definition) is 0. The molecule has 1 fully saturated rings. The maximum absolute atomic E-state index is 12.8. The lowest BCUT2D eigenvalue weighted by atomic mass is 10.2. The zero-order valence-corrected chi connectivity index (χ0v) is 7.15. The second kappa shape index (κ2) is 3.17. The van der Waals surface area contributed by atoms with Crippen LogP contribution in [0.2, 0.25) is 0 Å². The van der Waals surface area contributed by atoms with Gasteiger partial charge in [0.2, 0.25) is 0 Å². The van der Waals surface area contributed by atoms with E-state index in [1.807, 2.05) is 6.07 Å². The largest absolute Gasteiger partial charge is 0.268 e. The van der Waals surface area contributed by atoms with Gasteiger partial charge in [0.15, 0.2) is 0 Å². The van der Waals surface area contributed by atoms with Crippen molar-refractivity contribution in [3.63, 3.8) is 0 Å². The Hall–Kier alpha value is -1.37. The fourth-order valence-corrected chi connectivity index (χ4v) is 1.74. The molecule has 1 aromatic rings. The topological polar surface area (TPSA) is 41.6 Å². The molecule has 0 amide bonds. The van der Waals surface area contributed by atoms with Crippen LogP contribution in [0.15, 0.2) is 12.4 Å².